The van der Waals surface area contributed by atoms with Crippen LogP contribution in [0.5, 0.6) is 0 Å². The fourth-order valence-electron chi connectivity index (χ4n) is 3.20. The molecular weight excluding hydrogens is 280 g/mol. The SMILES string of the molecule is CC1CCCN(S(=O)(=O)NCC2(C(=O)O)CCCC2)C1. The highest BCUT2D eigenvalue weighted by Crippen LogP contribution is 2.38. The van der Waals surface area contributed by atoms with Gasteiger partial charge in [0.1, 0.15) is 0 Å². The first-order chi connectivity index (χ1) is 9.36. The van der Waals surface area contributed by atoms with Gasteiger partial charge in [0.05, 0.1) is 5.41 Å². The Bertz CT molecular complexity index is 457. The fraction of sp³-hybridized carbons (Fsp3) is 0.923. The van der Waals surface area contributed by atoms with E-state index in [-0.39, 0.29) is 6.54 Å². The van der Waals surface area contributed by atoms with Crippen molar-refractivity contribution in [2.75, 3.05) is 19.6 Å². The van der Waals surface area contributed by atoms with Crippen LogP contribution in [0.15, 0.2) is 0 Å². The highest BCUT2D eigenvalue weighted by atomic mass is 32.2. The molecule has 1 heterocycles. The number of rotatable bonds is 5. The second kappa shape index (κ2) is 5.99. The monoisotopic (exact) mass is 304 g/mol. The summed E-state index contributed by atoms with van der Waals surface area (Å²) in [4.78, 5) is 11.4. The first-order valence-electron chi connectivity index (χ1n) is 7.34. The molecule has 2 rings (SSSR count). The van der Waals surface area contributed by atoms with Crippen LogP contribution in [0, 0.1) is 11.3 Å². The van der Waals surface area contributed by atoms with Crippen LogP contribution < -0.4 is 4.72 Å². The molecule has 0 aromatic rings. The van der Waals surface area contributed by atoms with Gasteiger partial charge >= 0.3 is 5.97 Å². The number of nitrogens with zero attached hydrogens (tertiary/aromatic N) is 1. The number of carboxylic acid groups (broad SMARTS) is 1. The van der Waals surface area contributed by atoms with Gasteiger partial charge in [0.15, 0.2) is 0 Å². The third kappa shape index (κ3) is 3.32. The molecule has 0 amide bonds. The third-order valence-corrected chi connectivity index (χ3v) is 6.09. The largest absolute Gasteiger partial charge is 0.481 e. The summed E-state index contributed by atoms with van der Waals surface area (Å²) in [6.07, 6.45) is 4.74. The Hall–Kier alpha value is -0.660. The normalized spacial score (nSPS) is 27.6. The molecular formula is C13H24N2O4S. The zero-order valence-corrected chi connectivity index (χ0v) is 12.8. The molecule has 0 radical (unpaired) electrons. The molecule has 1 unspecified atom stereocenters. The van der Waals surface area contributed by atoms with Crippen LogP contribution in [0.4, 0.5) is 0 Å². The van der Waals surface area contributed by atoms with Crippen molar-refractivity contribution in [1.82, 2.24) is 9.03 Å². The van der Waals surface area contributed by atoms with Crippen molar-refractivity contribution in [3.8, 4) is 0 Å². The lowest BCUT2D eigenvalue weighted by Gasteiger charge is -2.31. The molecule has 1 saturated carbocycles. The van der Waals surface area contributed by atoms with Gasteiger partial charge < -0.3 is 5.11 Å². The van der Waals surface area contributed by atoms with E-state index in [9.17, 15) is 18.3 Å². The number of carbonyl (C=O) groups is 1. The van der Waals surface area contributed by atoms with Gasteiger partial charge in [-0.3, -0.25) is 4.79 Å². The van der Waals surface area contributed by atoms with Crippen molar-refractivity contribution in [3.05, 3.63) is 0 Å². The van der Waals surface area contributed by atoms with E-state index < -0.39 is 21.6 Å². The first-order valence-corrected chi connectivity index (χ1v) is 8.78. The Morgan fingerprint density at radius 2 is 2.00 bits per heavy atom. The van der Waals surface area contributed by atoms with E-state index in [1.54, 1.807) is 0 Å². The summed E-state index contributed by atoms with van der Waals surface area (Å²) in [5, 5.41) is 9.36. The van der Waals surface area contributed by atoms with Crippen LogP contribution >= 0.6 is 0 Å². The van der Waals surface area contributed by atoms with E-state index in [2.05, 4.69) is 4.72 Å². The molecule has 2 N–H and O–H groups in total. The van der Waals surface area contributed by atoms with Gasteiger partial charge in [-0.1, -0.05) is 19.8 Å². The second-order valence-electron chi connectivity index (χ2n) is 6.22. The van der Waals surface area contributed by atoms with Crippen molar-refractivity contribution in [1.29, 1.82) is 0 Å². The molecule has 116 valence electrons. The number of carboxylic acids is 1. The van der Waals surface area contributed by atoms with Gasteiger partial charge in [0.2, 0.25) is 0 Å². The van der Waals surface area contributed by atoms with Gasteiger partial charge in [-0.25, -0.2) is 4.72 Å². The lowest BCUT2D eigenvalue weighted by molar-refractivity contribution is -0.148. The van der Waals surface area contributed by atoms with Gasteiger partial charge in [0.25, 0.3) is 10.2 Å². The number of aliphatic carboxylic acids is 1. The van der Waals surface area contributed by atoms with Crippen LogP contribution in [-0.2, 0) is 15.0 Å². The third-order valence-electron chi connectivity index (χ3n) is 4.57. The van der Waals surface area contributed by atoms with Crippen molar-refractivity contribution < 1.29 is 18.3 Å². The summed E-state index contributed by atoms with van der Waals surface area (Å²) in [7, 11) is -3.56. The van der Waals surface area contributed by atoms with Crippen molar-refractivity contribution in [2.45, 2.75) is 45.4 Å². The first kappa shape index (κ1) is 15.7. The molecule has 0 spiro atoms. The minimum absolute atomic E-state index is 0.00947. The minimum atomic E-state index is -3.56. The van der Waals surface area contributed by atoms with Gasteiger partial charge in [-0.2, -0.15) is 12.7 Å². The zero-order valence-electron chi connectivity index (χ0n) is 12.0. The Kier molecular flexibility index (Phi) is 4.71. The van der Waals surface area contributed by atoms with E-state index in [1.165, 1.54) is 4.31 Å². The Morgan fingerprint density at radius 1 is 1.35 bits per heavy atom. The summed E-state index contributed by atoms with van der Waals surface area (Å²) in [5.74, 6) is -0.523. The maximum Gasteiger partial charge on any atom is 0.310 e. The molecule has 0 aromatic carbocycles. The number of piperidine rings is 1. The number of hydrogen-bond donors (Lipinski definition) is 2. The lowest BCUT2D eigenvalue weighted by Crippen LogP contribution is -2.49. The molecule has 0 bridgehead atoms. The van der Waals surface area contributed by atoms with Crippen LogP contribution in [0.1, 0.15) is 45.4 Å². The molecule has 1 saturated heterocycles. The minimum Gasteiger partial charge on any atom is -0.481 e. The van der Waals surface area contributed by atoms with Crippen LogP contribution in [0.3, 0.4) is 0 Å². The summed E-state index contributed by atoms with van der Waals surface area (Å²) >= 11 is 0. The van der Waals surface area contributed by atoms with Crippen LogP contribution in [-0.4, -0.2) is 43.4 Å². The smallest absolute Gasteiger partial charge is 0.310 e. The van der Waals surface area contributed by atoms with Crippen molar-refractivity contribution in [3.63, 3.8) is 0 Å². The lowest BCUT2D eigenvalue weighted by atomic mass is 9.87. The van der Waals surface area contributed by atoms with E-state index in [0.29, 0.717) is 31.8 Å². The average molecular weight is 304 g/mol. The quantitative estimate of drug-likeness (QED) is 0.799. The summed E-state index contributed by atoms with van der Waals surface area (Å²) in [6, 6.07) is 0. The summed E-state index contributed by atoms with van der Waals surface area (Å²) in [5.41, 5.74) is -0.908. The molecule has 20 heavy (non-hydrogen) atoms. The molecule has 2 aliphatic rings. The van der Waals surface area contributed by atoms with E-state index >= 15 is 0 Å². The van der Waals surface area contributed by atoms with Crippen LogP contribution in [0.2, 0.25) is 0 Å². The second-order valence-corrected chi connectivity index (χ2v) is 7.98. The predicted molar refractivity (Wildman–Crippen MR) is 75.4 cm³/mol. The molecule has 1 aliphatic heterocycles. The summed E-state index contributed by atoms with van der Waals surface area (Å²) < 4.78 is 28.5. The van der Waals surface area contributed by atoms with E-state index in [4.69, 9.17) is 0 Å². The summed E-state index contributed by atoms with van der Waals surface area (Å²) in [6.45, 7) is 3.10. The zero-order chi connectivity index (χ0) is 14.8. The molecule has 1 atom stereocenters. The van der Waals surface area contributed by atoms with Crippen molar-refractivity contribution >= 4 is 16.2 Å². The highest BCUT2D eigenvalue weighted by Gasteiger charge is 2.42. The topological polar surface area (TPSA) is 86.7 Å². The van der Waals surface area contributed by atoms with Gasteiger partial charge in [-0.15, -0.1) is 0 Å². The molecule has 1 aliphatic carbocycles. The fourth-order valence-corrected chi connectivity index (χ4v) is 4.66. The Morgan fingerprint density at radius 3 is 2.55 bits per heavy atom. The van der Waals surface area contributed by atoms with E-state index in [1.807, 2.05) is 6.92 Å². The molecule has 2 fully saturated rings. The maximum absolute atomic E-state index is 12.3. The number of nitrogens with one attached hydrogen (secondary N) is 1. The molecule has 0 aromatic heterocycles. The van der Waals surface area contributed by atoms with Crippen molar-refractivity contribution in [2.24, 2.45) is 11.3 Å². The molecule has 6 nitrogen and oxygen atoms in total. The number of hydrogen-bond acceptors (Lipinski definition) is 3. The predicted octanol–water partition coefficient (Wildman–Crippen LogP) is 1.20. The molecule has 7 heteroatoms. The van der Waals surface area contributed by atoms with Gasteiger partial charge in [0, 0.05) is 19.6 Å². The standard InChI is InChI=1S/C13H24N2O4S/c1-11-5-4-8-15(9-11)20(18,19)14-10-13(12(16)17)6-2-3-7-13/h11,14H,2-10H2,1H3,(H,16,17). The highest BCUT2D eigenvalue weighted by molar-refractivity contribution is 7.87. The van der Waals surface area contributed by atoms with E-state index in [0.717, 1.165) is 25.7 Å². The Labute approximate surface area is 120 Å². The Balaban J connectivity index is 1.99. The maximum atomic E-state index is 12.3. The van der Waals surface area contributed by atoms with Crippen LogP contribution in [0.25, 0.3) is 0 Å². The average Bonchev–Trinajstić information content (AvgIpc) is 2.87. The van der Waals surface area contributed by atoms with Gasteiger partial charge in [-0.05, 0) is 31.6 Å².